The molecule has 2 saturated heterocycles. The number of rotatable bonds is 5. The lowest BCUT2D eigenvalue weighted by molar-refractivity contribution is -0.141. The predicted octanol–water partition coefficient (Wildman–Crippen LogP) is 2.74. The zero-order valence-corrected chi connectivity index (χ0v) is 16.6. The molecule has 2 amide bonds. The van der Waals surface area contributed by atoms with Crippen molar-refractivity contribution in [2.45, 2.75) is 39.7 Å². The Bertz CT molecular complexity index is 653. The van der Waals surface area contributed by atoms with Crippen LogP contribution in [0.4, 0.5) is 11.4 Å². The number of benzene rings is 1. The summed E-state index contributed by atoms with van der Waals surface area (Å²) in [7, 11) is 0. The number of anilines is 2. The molecule has 0 spiro atoms. The molecule has 1 aromatic rings. The molecule has 2 heterocycles. The Morgan fingerprint density at radius 2 is 1.89 bits per heavy atom. The van der Waals surface area contributed by atoms with E-state index in [0.29, 0.717) is 25.3 Å². The average molecular weight is 373 g/mol. The molecule has 2 atom stereocenters. The van der Waals surface area contributed by atoms with Crippen LogP contribution in [-0.4, -0.2) is 55.6 Å². The van der Waals surface area contributed by atoms with E-state index in [-0.39, 0.29) is 23.8 Å². The highest BCUT2D eigenvalue weighted by molar-refractivity contribution is 5.94. The standard InChI is InChI=1S/C21H31N3O3/c1-15(2)14-24-16(3)19(8-9-20(24)25)21(26)22-17-4-6-18(7-5-17)23-10-12-27-13-11-23/h4-7,15-16,19H,8-14H2,1-3H3,(H,22,26). The highest BCUT2D eigenvalue weighted by atomic mass is 16.5. The summed E-state index contributed by atoms with van der Waals surface area (Å²) in [6, 6.07) is 7.92. The first-order chi connectivity index (χ1) is 13.0. The third-order valence-electron chi connectivity index (χ3n) is 5.47. The van der Waals surface area contributed by atoms with Gasteiger partial charge in [-0.15, -0.1) is 0 Å². The number of nitrogens with one attached hydrogen (secondary N) is 1. The van der Waals surface area contributed by atoms with E-state index < -0.39 is 0 Å². The highest BCUT2D eigenvalue weighted by Crippen LogP contribution is 2.27. The normalized spacial score (nSPS) is 23.6. The van der Waals surface area contributed by atoms with Gasteiger partial charge in [0.25, 0.3) is 0 Å². The molecule has 2 aliphatic rings. The lowest BCUT2D eigenvalue weighted by atomic mass is 9.88. The van der Waals surface area contributed by atoms with Gasteiger partial charge in [-0.3, -0.25) is 9.59 Å². The molecule has 0 bridgehead atoms. The van der Waals surface area contributed by atoms with Crippen molar-refractivity contribution >= 4 is 23.2 Å². The third kappa shape index (κ3) is 4.80. The minimum absolute atomic E-state index is 0.00267. The number of hydrogen-bond donors (Lipinski definition) is 1. The van der Waals surface area contributed by atoms with Crippen LogP contribution >= 0.6 is 0 Å². The van der Waals surface area contributed by atoms with Crippen molar-refractivity contribution in [1.29, 1.82) is 0 Å². The van der Waals surface area contributed by atoms with Gasteiger partial charge in [-0.25, -0.2) is 0 Å². The molecule has 1 aromatic carbocycles. The molecule has 6 nitrogen and oxygen atoms in total. The molecule has 148 valence electrons. The molecule has 27 heavy (non-hydrogen) atoms. The summed E-state index contributed by atoms with van der Waals surface area (Å²) in [6.07, 6.45) is 1.07. The Hall–Kier alpha value is -2.08. The maximum atomic E-state index is 12.8. The van der Waals surface area contributed by atoms with Gasteiger partial charge in [0.1, 0.15) is 0 Å². The smallest absolute Gasteiger partial charge is 0.229 e. The zero-order chi connectivity index (χ0) is 19.4. The van der Waals surface area contributed by atoms with Gasteiger partial charge in [-0.05, 0) is 43.5 Å². The highest BCUT2D eigenvalue weighted by Gasteiger charge is 2.36. The molecule has 0 radical (unpaired) electrons. The lowest BCUT2D eigenvalue weighted by Crippen LogP contribution is -2.51. The third-order valence-corrected chi connectivity index (χ3v) is 5.47. The van der Waals surface area contributed by atoms with Gasteiger partial charge in [0.2, 0.25) is 11.8 Å². The van der Waals surface area contributed by atoms with Crippen LogP contribution in [0.1, 0.15) is 33.6 Å². The Morgan fingerprint density at radius 1 is 1.22 bits per heavy atom. The van der Waals surface area contributed by atoms with Gasteiger partial charge in [-0.2, -0.15) is 0 Å². The summed E-state index contributed by atoms with van der Waals surface area (Å²) in [5, 5.41) is 3.04. The van der Waals surface area contributed by atoms with Crippen molar-refractivity contribution in [2.75, 3.05) is 43.1 Å². The monoisotopic (exact) mass is 373 g/mol. The van der Waals surface area contributed by atoms with E-state index in [4.69, 9.17) is 4.74 Å². The number of hydrogen-bond acceptors (Lipinski definition) is 4. The molecule has 2 aliphatic heterocycles. The molecule has 0 aliphatic carbocycles. The first kappa shape index (κ1) is 19.7. The summed E-state index contributed by atoms with van der Waals surface area (Å²) in [5.41, 5.74) is 1.95. The summed E-state index contributed by atoms with van der Waals surface area (Å²) in [5.74, 6) is 0.393. The van der Waals surface area contributed by atoms with Crippen molar-refractivity contribution in [1.82, 2.24) is 4.90 Å². The molecule has 2 fully saturated rings. The zero-order valence-electron chi connectivity index (χ0n) is 16.6. The van der Waals surface area contributed by atoms with E-state index in [9.17, 15) is 9.59 Å². The van der Waals surface area contributed by atoms with Gasteiger partial charge in [0, 0.05) is 43.5 Å². The predicted molar refractivity (Wildman–Crippen MR) is 107 cm³/mol. The Kier molecular flexibility index (Phi) is 6.37. The van der Waals surface area contributed by atoms with Gasteiger partial charge in [0.15, 0.2) is 0 Å². The molecular weight excluding hydrogens is 342 g/mol. The first-order valence-corrected chi connectivity index (χ1v) is 9.99. The van der Waals surface area contributed by atoms with Crippen LogP contribution < -0.4 is 10.2 Å². The molecule has 2 unspecified atom stereocenters. The number of amides is 2. The number of piperidine rings is 1. The molecular formula is C21H31N3O3. The van der Waals surface area contributed by atoms with Crippen molar-refractivity contribution < 1.29 is 14.3 Å². The van der Waals surface area contributed by atoms with E-state index in [1.54, 1.807) is 0 Å². The van der Waals surface area contributed by atoms with Gasteiger partial charge in [-0.1, -0.05) is 13.8 Å². The van der Waals surface area contributed by atoms with E-state index in [1.165, 1.54) is 0 Å². The SMILES string of the molecule is CC(C)CN1C(=O)CCC(C(=O)Nc2ccc(N3CCOCC3)cc2)C1C. The van der Waals surface area contributed by atoms with E-state index in [0.717, 1.165) is 37.7 Å². The van der Waals surface area contributed by atoms with Crippen LogP contribution in [0.3, 0.4) is 0 Å². The number of ether oxygens (including phenoxy) is 1. The number of likely N-dealkylation sites (tertiary alicyclic amines) is 1. The van der Waals surface area contributed by atoms with Crippen molar-refractivity contribution in [3.8, 4) is 0 Å². The summed E-state index contributed by atoms with van der Waals surface area (Å²) in [6.45, 7) is 10.2. The fourth-order valence-corrected chi connectivity index (χ4v) is 3.93. The van der Waals surface area contributed by atoms with Crippen molar-refractivity contribution in [2.24, 2.45) is 11.8 Å². The van der Waals surface area contributed by atoms with Crippen LogP contribution in [-0.2, 0) is 14.3 Å². The largest absolute Gasteiger partial charge is 0.378 e. The lowest BCUT2D eigenvalue weighted by Gasteiger charge is -2.39. The fourth-order valence-electron chi connectivity index (χ4n) is 3.93. The maximum absolute atomic E-state index is 12.8. The van der Waals surface area contributed by atoms with Gasteiger partial charge in [0.05, 0.1) is 19.1 Å². The number of carbonyl (C=O) groups excluding carboxylic acids is 2. The molecule has 0 aromatic heterocycles. The quantitative estimate of drug-likeness (QED) is 0.862. The minimum Gasteiger partial charge on any atom is -0.378 e. The molecule has 1 N–H and O–H groups in total. The number of nitrogens with zero attached hydrogens (tertiary/aromatic N) is 2. The molecule has 6 heteroatoms. The van der Waals surface area contributed by atoms with Crippen molar-refractivity contribution in [3.05, 3.63) is 24.3 Å². The minimum atomic E-state index is -0.166. The van der Waals surface area contributed by atoms with E-state index >= 15 is 0 Å². The Labute approximate surface area is 161 Å². The Balaban J connectivity index is 1.61. The van der Waals surface area contributed by atoms with Gasteiger partial charge < -0.3 is 19.9 Å². The first-order valence-electron chi connectivity index (χ1n) is 9.99. The number of carbonyl (C=O) groups is 2. The average Bonchev–Trinajstić information content (AvgIpc) is 2.66. The summed E-state index contributed by atoms with van der Waals surface area (Å²) < 4.78 is 5.39. The second-order valence-electron chi connectivity index (χ2n) is 7.96. The van der Waals surface area contributed by atoms with Gasteiger partial charge >= 0.3 is 0 Å². The van der Waals surface area contributed by atoms with Crippen LogP contribution in [0.25, 0.3) is 0 Å². The second-order valence-corrected chi connectivity index (χ2v) is 7.96. The van der Waals surface area contributed by atoms with Crippen LogP contribution in [0.15, 0.2) is 24.3 Å². The topological polar surface area (TPSA) is 61.9 Å². The fraction of sp³-hybridized carbons (Fsp3) is 0.619. The molecule has 0 saturated carbocycles. The summed E-state index contributed by atoms with van der Waals surface area (Å²) in [4.78, 5) is 29.2. The summed E-state index contributed by atoms with van der Waals surface area (Å²) >= 11 is 0. The van der Waals surface area contributed by atoms with Crippen molar-refractivity contribution in [3.63, 3.8) is 0 Å². The Morgan fingerprint density at radius 3 is 2.52 bits per heavy atom. The van der Waals surface area contributed by atoms with E-state index in [2.05, 4.69) is 24.1 Å². The van der Waals surface area contributed by atoms with Crippen LogP contribution in [0, 0.1) is 11.8 Å². The number of morpholine rings is 1. The second kappa shape index (κ2) is 8.74. The maximum Gasteiger partial charge on any atom is 0.229 e. The van der Waals surface area contributed by atoms with E-state index in [1.807, 2.05) is 36.1 Å². The van der Waals surface area contributed by atoms with Crippen LogP contribution in [0.5, 0.6) is 0 Å². The van der Waals surface area contributed by atoms with Crippen LogP contribution in [0.2, 0.25) is 0 Å². The molecule has 3 rings (SSSR count).